The van der Waals surface area contributed by atoms with Crippen LogP contribution in [-0.2, 0) is 21.5 Å². The minimum Gasteiger partial charge on any atom is -0.496 e. The number of amides is 1. The normalized spacial score (nSPS) is 19.9. The van der Waals surface area contributed by atoms with E-state index in [1.165, 1.54) is 20.0 Å². The number of nitrogens with one attached hydrogen (secondary N) is 1. The van der Waals surface area contributed by atoms with Crippen molar-refractivity contribution in [2.75, 3.05) is 32.2 Å². The first kappa shape index (κ1) is 23.1. The van der Waals surface area contributed by atoms with Gasteiger partial charge in [0, 0.05) is 37.2 Å². The molecule has 1 amide bonds. The minimum atomic E-state index is -0.567. The van der Waals surface area contributed by atoms with Crippen molar-refractivity contribution < 1.29 is 19.1 Å². The molecule has 176 valence electrons. The van der Waals surface area contributed by atoms with Gasteiger partial charge in [0.1, 0.15) is 5.75 Å². The van der Waals surface area contributed by atoms with Crippen LogP contribution in [0.1, 0.15) is 60.5 Å². The van der Waals surface area contributed by atoms with Gasteiger partial charge in [0.05, 0.1) is 25.3 Å². The lowest BCUT2D eigenvalue weighted by Gasteiger charge is -2.33. The Labute approximate surface area is 196 Å². The molecule has 1 atom stereocenters. The maximum Gasteiger partial charge on any atom is 0.337 e. The van der Waals surface area contributed by atoms with Crippen LogP contribution in [0.15, 0.2) is 42.5 Å². The van der Waals surface area contributed by atoms with E-state index in [1.807, 2.05) is 18.2 Å². The summed E-state index contributed by atoms with van der Waals surface area (Å²) in [4.78, 5) is 27.6. The van der Waals surface area contributed by atoms with Crippen LogP contribution < -0.4 is 15.0 Å². The van der Waals surface area contributed by atoms with E-state index in [2.05, 4.69) is 29.3 Å². The average Bonchev–Trinajstić information content (AvgIpc) is 3.45. The van der Waals surface area contributed by atoms with E-state index in [4.69, 9.17) is 9.47 Å². The lowest BCUT2D eigenvalue weighted by Crippen LogP contribution is -2.51. The molecule has 4 rings (SSSR count). The number of hydrogen-bond acceptors (Lipinski definition) is 5. The van der Waals surface area contributed by atoms with Crippen molar-refractivity contribution in [3.05, 3.63) is 59.2 Å². The van der Waals surface area contributed by atoms with Crippen molar-refractivity contribution in [3.63, 3.8) is 0 Å². The number of benzene rings is 2. The van der Waals surface area contributed by atoms with Gasteiger partial charge in [0.2, 0.25) is 5.91 Å². The van der Waals surface area contributed by atoms with Crippen molar-refractivity contribution in [2.45, 2.75) is 51.0 Å². The summed E-state index contributed by atoms with van der Waals surface area (Å²) in [7, 11) is 2.97. The molecule has 0 spiro atoms. The van der Waals surface area contributed by atoms with Gasteiger partial charge in [0.15, 0.2) is 0 Å². The number of hydrogen-bond donors (Lipinski definition) is 1. The number of rotatable bonds is 8. The van der Waals surface area contributed by atoms with E-state index >= 15 is 0 Å². The van der Waals surface area contributed by atoms with Gasteiger partial charge in [-0.1, -0.05) is 37.1 Å². The molecule has 1 aliphatic heterocycles. The van der Waals surface area contributed by atoms with Crippen molar-refractivity contribution in [1.82, 2.24) is 5.32 Å². The van der Waals surface area contributed by atoms with Gasteiger partial charge in [0.25, 0.3) is 0 Å². The molecule has 1 unspecified atom stereocenters. The Bertz CT molecular complexity index is 1010. The number of anilines is 1. The van der Waals surface area contributed by atoms with Gasteiger partial charge < -0.3 is 19.7 Å². The molecule has 2 aromatic carbocycles. The van der Waals surface area contributed by atoms with Gasteiger partial charge in [-0.3, -0.25) is 4.79 Å². The first-order valence-corrected chi connectivity index (χ1v) is 11.9. The highest BCUT2D eigenvalue weighted by atomic mass is 16.5. The fourth-order valence-electron chi connectivity index (χ4n) is 5.49. The van der Waals surface area contributed by atoms with Crippen LogP contribution in [0.4, 0.5) is 5.69 Å². The maximum absolute atomic E-state index is 13.3. The second-order valence-electron chi connectivity index (χ2n) is 9.21. The number of fused-ring (bicyclic) bond motifs is 1. The molecule has 33 heavy (non-hydrogen) atoms. The van der Waals surface area contributed by atoms with Gasteiger partial charge in [-0.25, -0.2) is 4.79 Å². The van der Waals surface area contributed by atoms with E-state index in [0.29, 0.717) is 36.6 Å². The van der Waals surface area contributed by atoms with Crippen LogP contribution in [-0.4, -0.2) is 39.2 Å². The Balaban J connectivity index is 1.70. The molecule has 1 fully saturated rings. The summed E-state index contributed by atoms with van der Waals surface area (Å²) in [6.45, 7) is 3.69. The number of carbonyl (C=O) groups is 2. The molecule has 1 N–H and O–H groups in total. The SMILES string of the molecule is CCN1CC(Cc2ccc(C(=O)OC)cc2OC)(NC(=O)CC2CCCC2)c2ccccc21. The zero-order valence-electron chi connectivity index (χ0n) is 19.9. The van der Waals surface area contributed by atoms with Crippen molar-refractivity contribution in [2.24, 2.45) is 5.92 Å². The highest BCUT2D eigenvalue weighted by Crippen LogP contribution is 2.42. The van der Waals surface area contributed by atoms with Crippen molar-refractivity contribution in [1.29, 1.82) is 0 Å². The number of esters is 1. The third kappa shape index (κ3) is 4.70. The van der Waals surface area contributed by atoms with Crippen LogP contribution in [0.25, 0.3) is 0 Å². The molecule has 1 heterocycles. The van der Waals surface area contributed by atoms with E-state index in [0.717, 1.165) is 36.2 Å². The highest BCUT2D eigenvalue weighted by molar-refractivity contribution is 5.90. The zero-order chi connectivity index (χ0) is 23.4. The van der Waals surface area contributed by atoms with E-state index in [9.17, 15) is 9.59 Å². The fourth-order valence-corrected chi connectivity index (χ4v) is 5.49. The number of para-hydroxylation sites is 1. The molecular weight excluding hydrogens is 416 g/mol. The van der Waals surface area contributed by atoms with Crippen LogP contribution in [0, 0.1) is 5.92 Å². The molecule has 0 aromatic heterocycles. The van der Waals surface area contributed by atoms with E-state index in [-0.39, 0.29) is 5.91 Å². The minimum absolute atomic E-state index is 0.111. The molecule has 0 saturated heterocycles. The predicted molar refractivity (Wildman–Crippen MR) is 129 cm³/mol. The van der Waals surface area contributed by atoms with E-state index in [1.54, 1.807) is 19.2 Å². The standard InChI is InChI=1S/C27H34N2O4/c1-4-29-18-27(22-11-7-8-12-23(22)29,28-25(30)15-19-9-5-6-10-19)17-21-14-13-20(26(31)33-3)16-24(21)32-2/h7-8,11-14,16,19H,4-6,9-10,15,17-18H2,1-3H3,(H,28,30). The molecule has 2 aliphatic rings. The lowest BCUT2D eigenvalue weighted by atomic mass is 9.84. The lowest BCUT2D eigenvalue weighted by molar-refractivity contribution is -0.123. The third-order valence-corrected chi connectivity index (χ3v) is 7.13. The summed E-state index contributed by atoms with van der Waals surface area (Å²) in [6.07, 6.45) is 5.87. The number of carbonyl (C=O) groups excluding carboxylic acids is 2. The summed E-state index contributed by atoms with van der Waals surface area (Å²) in [5.74, 6) is 0.812. The average molecular weight is 451 g/mol. The Morgan fingerprint density at radius 2 is 1.88 bits per heavy atom. The molecular formula is C27H34N2O4. The summed E-state index contributed by atoms with van der Waals surface area (Å²) < 4.78 is 10.5. The van der Waals surface area contributed by atoms with Gasteiger partial charge in [-0.05, 0) is 49.4 Å². The monoisotopic (exact) mass is 450 g/mol. The maximum atomic E-state index is 13.3. The predicted octanol–water partition coefficient (Wildman–Crippen LogP) is 4.46. The quantitative estimate of drug-likeness (QED) is 0.602. The molecule has 1 saturated carbocycles. The smallest absolute Gasteiger partial charge is 0.337 e. The summed E-state index contributed by atoms with van der Waals surface area (Å²) >= 11 is 0. The molecule has 0 radical (unpaired) electrons. The Morgan fingerprint density at radius 3 is 2.58 bits per heavy atom. The highest BCUT2D eigenvalue weighted by Gasteiger charge is 2.44. The molecule has 6 nitrogen and oxygen atoms in total. The van der Waals surface area contributed by atoms with Gasteiger partial charge >= 0.3 is 5.97 Å². The van der Waals surface area contributed by atoms with E-state index < -0.39 is 11.5 Å². The second kappa shape index (κ2) is 9.86. The van der Waals surface area contributed by atoms with Gasteiger partial charge in [-0.2, -0.15) is 0 Å². The molecule has 0 bridgehead atoms. The van der Waals surface area contributed by atoms with Crippen LogP contribution in [0.2, 0.25) is 0 Å². The third-order valence-electron chi connectivity index (χ3n) is 7.13. The number of likely N-dealkylation sites (N-methyl/N-ethyl adjacent to an activating group) is 1. The Morgan fingerprint density at radius 1 is 1.12 bits per heavy atom. The number of ether oxygens (including phenoxy) is 2. The largest absolute Gasteiger partial charge is 0.496 e. The zero-order valence-corrected chi connectivity index (χ0v) is 19.9. The van der Waals surface area contributed by atoms with Gasteiger partial charge in [-0.15, -0.1) is 0 Å². The van der Waals surface area contributed by atoms with Crippen molar-refractivity contribution >= 4 is 17.6 Å². The fraction of sp³-hybridized carbons (Fsp3) is 0.481. The number of methoxy groups -OCH3 is 2. The first-order valence-electron chi connectivity index (χ1n) is 11.9. The van der Waals surface area contributed by atoms with Crippen LogP contribution in [0.3, 0.4) is 0 Å². The molecule has 2 aromatic rings. The number of nitrogens with zero attached hydrogens (tertiary/aromatic N) is 1. The molecule has 1 aliphatic carbocycles. The first-order chi connectivity index (χ1) is 16.0. The van der Waals surface area contributed by atoms with Crippen LogP contribution >= 0.6 is 0 Å². The van der Waals surface area contributed by atoms with Crippen LogP contribution in [0.5, 0.6) is 5.75 Å². The Hall–Kier alpha value is -3.02. The van der Waals surface area contributed by atoms with Crippen molar-refractivity contribution in [3.8, 4) is 5.75 Å². The summed E-state index contributed by atoms with van der Waals surface area (Å²) in [5, 5.41) is 3.46. The molecule has 6 heteroatoms. The Kier molecular flexibility index (Phi) is 6.91. The topological polar surface area (TPSA) is 67.9 Å². The summed E-state index contributed by atoms with van der Waals surface area (Å²) in [6, 6.07) is 13.7. The summed E-state index contributed by atoms with van der Waals surface area (Å²) in [5.41, 5.74) is 3.11. The second-order valence-corrected chi connectivity index (χ2v) is 9.21.